The van der Waals surface area contributed by atoms with Gasteiger partial charge in [-0.3, -0.25) is 4.79 Å². The number of ether oxygens (including phenoxy) is 1. The Balaban J connectivity index is 0. The van der Waals surface area contributed by atoms with Crippen LogP contribution in [0.5, 0.6) is 0 Å². The molecule has 0 unspecified atom stereocenters. The fraction of sp³-hybridized carbons (Fsp3) is 0.900. The van der Waals surface area contributed by atoms with Crippen molar-refractivity contribution < 1.29 is 14.6 Å². The summed E-state index contributed by atoms with van der Waals surface area (Å²) in [5, 5.41) is 11.3. The smallest absolute Gasteiger partial charge is 0.293 e. The summed E-state index contributed by atoms with van der Waals surface area (Å²) in [6.45, 7) is 7.26. The van der Waals surface area contributed by atoms with E-state index >= 15 is 0 Å². The van der Waals surface area contributed by atoms with Gasteiger partial charge in [0.05, 0.1) is 0 Å². The third-order valence-corrected chi connectivity index (χ3v) is 1.24. The molecule has 0 aliphatic carbocycles. The summed E-state index contributed by atoms with van der Waals surface area (Å²) >= 11 is 0. The van der Waals surface area contributed by atoms with Crippen LogP contribution in [0.25, 0.3) is 0 Å². The second-order valence-electron chi connectivity index (χ2n) is 3.86. The van der Waals surface area contributed by atoms with Gasteiger partial charge in [0.15, 0.2) is 0 Å². The zero-order valence-electron chi connectivity index (χ0n) is 9.67. The quantitative estimate of drug-likeness (QED) is 0.518. The van der Waals surface area contributed by atoms with E-state index in [2.05, 4.69) is 10.1 Å². The number of unbranched alkanes of at least 4 members (excludes halogenated alkanes) is 1. The van der Waals surface area contributed by atoms with E-state index in [1.54, 1.807) is 0 Å². The molecule has 86 valence electrons. The summed E-state index contributed by atoms with van der Waals surface area (Å²) in [6, 6.07) is 0. The van der Waals surface area contributed by atoms with E-state index in [0.717, 1.165) is 19.4 Å². The maximum absolute atomic E-state index is 9.60. The molecule has 0 spiro atoms. The molecule has 0 atom stereocenters. The minimum absolute atomic E-state index is 0.318. The van der Waals surface area contributed by atoms with E-state index in [1.165, 1.54) is 0 Å². The van der Waals surface area contributed by atoms with E-state index in [-0.39, 0.29) is 5.60 Å². The number of carbonyl (C=O) groups excluding carboxylic acids is 1. The third kappa shape index (κ3) is 22.5. The maximum Gasteiger partial charge on any atom is 0.293 e. The van der Waals surface area contributed by atoms with Gasteiger partial charge in [-0.1, -0.05) is 0 Å². The van der Waals surface area contributed by atoms with E-state index in [4.69, 9.17) is 5.11 Å². The van der Waals surface area contributed by atoms with Gasteiger partial charge in [-0.25, -0.2) is 0 Å². The van der Waals surface area contributed by atoms with Crippen molar-refractivity contribution in [3.8, 4) is 0 Å². The van der Waals surface area contributed by atoms with Crippen molar-refractivity contribution in [2.45, 2.75) is 39.2 Å². The van der Waals surface area contributed by atoms with Gasteiger partial charge in [0.1, 0.15) is 5.60 Å². The minimum Gasteiger partial charge on any atom is -0.462 e. The first-order chi connectivity index (χ1) is 6.47. The Labute approximate surface area is 86.6 Å². The van der Waals surface area contributed by atoms with E-state index in [1.807, 2.05) is 27.8 Å². The van der Waals surface area contributed by atoms with Crippen LogP contribution in [-0.2, 0) is 9.53 Å². The minimum atomic E-state index is -0.318. The third-order valence-electron chi connectivity index (χ3n) is 1.24. The molecule has 0 aliphatic rings. The molecular weight excluding hydrogens is 182 g/mol. The van der Waals surface area contributed by atoms with Crippen LogP contribution in [0.2, 0.25) is 0 Å². The highest BCUT2D eigenvalue weighted by atomic mass is 16.5. The molecule has 0 aliphatic heterocycles. The SMILES string of the molecule is CC(C)(C)OC=O.CNCCCCO. The van der Waals surface area contributed by atoms with Gasteiger partial charge >= 0.3 is 0 Å². The fourth-order valence-electron chi connectivity index (χ4n) is 0.558. The summed E-state index contributed by atoms with van der Waals surface area (Å²) in [4.78, 5) is 9.60. The monoisotopic (exact) mass is 205 g/mol. The standard InChI is InChI=1S/C5H13NO.C5H10O2/c1-6-4-2-3-5-7;1-5(2,3)7-4-6/h6-7H,2-5H2,1H3;4H,1-3H3. The summed E-state index contributed by atoms with van der Waals surface area (Å²) in [6.07, 6.45) is 1.99. The molecule has 4 nitrogen and oxygen atoms in total. The number of rotatable bonds is 5. The second kappa shape index (κ2) is 10.5. The Morgan fingerprint density at radius 2 is 1.93 bits per heavy atom. The molecule has 0 aromatic heterocycles. The van der Waals surface area contributed by atoms with Crippen LogP contribution in [0.4, 0.5) is 0 Å². The molecule has 0 bridgehead atoms. The Hall–Kier alpha value is -0.610. The lowest BCUT2D eigenvalue weighted by Gasteiger charge is -2.14. The summed E-state index contributed by atoms with van der Waals surface area (Å²) in [5.74, 6) is 0. The number of hydrogen-bond acceptors (Lipinski definition) is 4. The van der Waals surface area contributed by atoms with Crippen molar-refractivity contribution in [1.29, 1.82) is 0 Å². The highest BCUT2D eigenvalue weighted by molar-refractivity contribution is 5.37. The Morgan fingerprint density at radius 3 is 2.14 bits per heavy atom. The number of nitrogens with one attached hydrogen (secondary N) is 1. The summed E-state index contributed by atoms with van der Waals surface area (Å²) in [7, 11) is 1.91. The highest BCUT2D eigenvalue weighted by Gasteiger charge is 2.07. The lowest BCUT2D eigenvalue weighted by atomic mass is 10.2. The summed E-state index contributed by atoms with van der Waals surface area (Å²) in [5.41, 5.74) is -0.318. The first-order valence-electron chi connectivity index (χ1n) is 4.85. The van der Waals surface area contributed by atoms with Crippen LogP contribution in [0.15, 0.2) is 0 Å². The molecule has 0 heterocycles. The van der Waals surface area contributed by atoms with Gasteiger partial charge in [-0.05, 0) is 47.2 Å². The zero-order valence-corrected chi connectivity index (χ0v) is 9.67. The molecule has 0 fully saturated rings. The van der Waals surface area contributed by atoms with Crippen molar-refractivity contribution in [2.24, 2.45) is 0 Å². The van der Waals surface area contributed by atoms with Gasteiger partial charge in [0, 0.05) is 6.61 Å². The average molecular weight is 205 g/mol. The molecule has 4 heteroatoms. The normalized spacial score (nSPS) is 10.1. The molecule has 0 aromatic rings. The predicted octanol–water partition coefficient (Wildman–Crippen LogP) is 0.936. The van der Waals surface area contributed by atoms with Crippen molar-refractivity contribution in [2.75, 3.05) is 20.2 Å². The van der Waals surface area contributed by atoms with E-state index in [9.17, 15) is 4.79 Å². The van der Waals surface area contributed by atoms with Crippen molar-refractivity contribution >= 4 is 6.47 Å². The van der Waals surface area contributed by atoms with Crippen LogP contribution in [0.3, 0.4) is 0 Å². The van der Waals surface area contributed by atoms with Crippen molar-refractivity contribution in [3.63, 3.8) is 0 Å². The highest BCUT2D eigenvalue weighted by Crippen LogP contribution is 2.02. The zero-order chi connectivity index (χ0) is 11.4. The van der Waals surface area contributed by atoms with Crippen LogP contribution in [-0.4, -0.2) is 37.4 Å². The van der Waals surface area contributed by atoms with E-state index in [0.29, 0.717) is 13.1 Å². The first-order valence-corrected chi connectivity index (χ1v) is 4.85. The molecule has 0 aromatic carbocycles. The van der Waals surface area contributed by atoms with Crippen LogP contribution in [0.1, 0.15) is 33.6 Å². The maximum atomic E-state index is 9.60. The van der Waals surface area contributed by atoms with Gasteiger partial charge in [-0.2, -0.15) is 0 Å². The molecule has 14 heavy (non-hydrogen) atoms. The lowest BCUT2D eigenvalue weighted by molar-refractivity contribution is -0.138. The second-order valence-corrected chi connectivity index (χ2v) is 3.86. The van der Waals surface area contributed by atoms with Crippen molar-refractivity contribution in [1.82, 2.24) is 5.32 Å². The predicted molar refractivity (Wildman–Crippen MR) is 57.1 cm³/mol. The van der Waals surface area contributed by atoms with Gasteiger partial charge < -0.3 is 15.2 Å². The number of carbonyl (C=O) groups is 1. The Kier molecular flexibility index (Phi) is 11.9. The number of aliphatic hydroxyl groups is 1. The molecule has 0 rings (SSSR count). The molecule has 0 radical (unpaired) electrons. The van der Waals surface area contributed by atoms with Gasteiger partial charge in [-0.15, -0.1) is 0 Å². The van der Waals surface area contributed by atoms with Gasteiger partial charge in [0.2, 0.25) is 0 Å². The van der Waals surface area contributed by atoms with Crippen LogP contribution >= 0.6 is 0 Å². The molecule has 2 N–H and O–H groups in total. The first kappa shape index (κ1) is 15.8. The van der Waals surface area contributed by atoms with E-state index < -0.39 is 0 Å². The molecule has 0 saturated carbocycles. The van der Waals surface area contributed by atoms with Crippen molar-refractivity contribution in [3.05, 3.63) is 0 Å². The van der Waals surface area contributed by atoms with Gasteiger partial charge in [0.25, 0.3) is 6.47 Å². The lowest BCUT2D eigenvalue weighted by Crippen LogP contribution is -2.17. The summed E-state index contributed by atoms with van der Waals surface area (Å²) < 4.78 is 4.55. The Bertz CT molecular complexity index is 117. The van der Waals surface area contributed by atoms with Crippen LogP contribution < -0.4 is 5.32 Å². The number of hydrogen-bond donors (Lipinski definition) is 2. The molecule has 0 amide bonds. The molecular formula is C10H23NO3. The number of aliphatic hydroxyl groups excluding tert-OH is 1. The largest absolute Gasteiger partial charge is 0.462 e. The average Bonchev–Trinajstić information content (AvgIpc) is 2.04. The Morgan fingerprint density at radius 1 is 1.36 bits per heavy atom. The molecule has 0 saturated heterocycles. The fourth-order valence-corrected chi connectivity index (χ4v) is 0.558. The van der Waals surface area contributed by atoms with Crippen LogP contribution in [0, 0.1) is 0 Å². The topological polar surface area (TPSA) is 58.6 Å².